The third-order valence-corrected chi connectivity index (χ3v) is 3.92. The number of aliphatic hydroxyl groups is 2. The zero-order valence-corrected chi connectivity index (χ0v) is 14.8. The van der Waals surface area contributed by atoms with Gasteiger partial charge in [-0.1, -0.05) is 40.5 Å². The largest absolute Gasteiger partial charge is 0.465 e. The number of esters is 2. The van der Waals surface area contributed by atoms with Crippen LogP contribution in [0, 0.1) is 17.3 Å². The molecule has 0 amide bonds. The Hall–Kier alpha value is -1.14. The predicted molar refractivity (Wildman–Crippen MR) is 86.7 cm³/mol. The Balaban J connectivity index is 4.61. The first-order valence-electron chi connectivity index (χ1n) is 8.40. The topological polar surface area (TPSA) is 93.1 Å². The Bertz CT molecular complexity index is 349. The first-order valence-corrected chi connectivity index (χ1v) is 8.40. The van der Waals surface area contributed by atoms with Gasteiger partial charge in [0.05, 0.1) is 30.5 Å². The van der Waals surface area contributed by atoms with Crippen molar-refractivity contribution in [2.24, 2.45) is 17.3 Å². The summed E-state index contributed by atoms with van der Waals surface area (Å²) in [6.07, 6.45) is 3.41. The van der Waals surface area contributed by atoms with E-state index in [2.05, 4.69) is 6.92 Å². The van der Waals surface area contributed by atoms with E-state index in [0.717, 1.165) is 19.3 Å². The lowest BCUT2D eigenvalue weighted by Crippen LogP contribution is -2.42. The average molecular weight is 332 g/mol. The predicted octanol–water partition coefficient (Wildman–Crippen LogP) is 1.92. The zero-order valence-electron chi connectivity index (χ0n) is 14.8. The SMILES string of the molecule is CCCCC(CC)C(=O)OCC(CO)(CO)COC(=O)C(C)C. The molecule has 0 rings (SSSR count). The van der Waals surface area contributed by atoms with E-state index >= 15 is 0 Å². The molecule has 1 unspecified atom stereocenters. The van der Waals surface area contributed by atoms with Crippen LogP contribution in [0.4, 0.5) is 0 Å². The molecule has 0 aromatic carbocycles. The summed E-state index contributed by atoms with van der Waals surface area (Å²) in [4.78, 5) is 23.7. The maximum Gasteiger partial charge on any atom is 0.308 e. The van der Waals surface area contributed by atoms with Crippen LogP contribution in [0.5, 0.6) is 0 Å². The second-order valence-corrected chi connectivity index (χ2v) is 6.43. The molecule has 0 heterocycles. The van der Waals surface area contributed by atoms with Crippen LogP contribution < -0.4 is 0 Å². The highest BCUT2D eigenvalue weighted by molar-refractivity contribution is 5.72. The summed E-state index contributed by atoms with van der Waals surface area (Å²) < 4.78 is 10.4. The molecule has 0 saturated carbocycles. The minimum Gasteiger partial charge on any atom is -0.465 e. The lowest BCUT2D eigenvalue weighted by atomic mass is 9.92. The first kappa shape index (κ1) is 21.9. The number of hydrogen-bond donors (Lipinski definition) is 2. The van der Waals surface area contributed by atoms with Crippen molar-refractivity contribution < 1.29 is 29.3 Å². The Kier molecular flexibility index (Phi) is 10.8. The third kappa shape index (κ3) is 7.79. The number of rotatable bonds is 12. The van der Waals surface area contributed by atoms with Gasteiger partial charge in [-0.15, -0.1) is 0 Å². The Morgan fingerprint density at radius 2 is 1.52 bits per heavy atom. The van der Waals surface area contributed by atoms with Gasteiger partial charge in [-0.25, -0.2) is 0 Å². The summed E-state index contributed by atoms with van der Waals surface area (Å²) in [5.41, 5.74) is -1.16. The molecule has 0 fully saturated rings. The summed E-state index contributed by atoms with van der Waals surface area (Å²) in [5.74, 6) is -1.23. The maximum atomic E-state index is 12.1. The quantitative estimate of drug-likeness (QED) is 0.530. The van der Waals surface area contributed by atoms with Gasteiger partial charge in [0.15, 0.2) is 0 Å². The molecule has 0 aromatic heterocycles. The van der Waals surface area contributed by atoms with Crippen LogP contribution in [-0.2, 0) is 19.1 Å². The van der Waals surface area contributed by atoms with Gasteiger partial charge in [0.1, 0.15) is 13.2 Å². The molecular weight excluding hydrogens is 300 g/mol. The molecule has 0 aliphatic heterocycles. The number of carbonyl (C=O) groups excluding carboxylic acids is 2. The van der Waals surface area contributed by atoms with Crippen molar-refractivity contribution in [1.82, 2.24) is 0 Å². The number of ether oxygens (including phenoxy) is 2. The number of aliphatic hydroxyl groups excluding tert-OH is 2. The molecule has 0 bridgehead atoms. The number of carbonyl (C=O) groups is 2. The van der Waals surface area contributed by atoms with Crippen molar-refractivity contribution >= 4 is 11.9 Å². The van der Waals surface area contributed by atoms with E-state index in [9.17, 15) is 19.8 Å². The summed E-state index contributed by atoms with van der Waals surface area (Å²) in [5, 5.41) is 19.1. The second kappa shape index (κ2) is 11.4. The normalized spacial score (nSPS) is 13.0. The molecule has 6 nitrogen and oxygen atoms in total. The molecule has 23 heavy (non-hydrogen) atoms. The minimum absolute atomic E-state index is 0.174. The molecule has 136 valence electrons. The monoisotopic (exact) mass is 332 g/mol. The van der Waals surface area contributed by atoms with E-state index < -0.39 is 24.6 Å². The van der Waals surface area contributed by atoms with Crippen molar-refractivity contribution in [1.29, 1.82) is 0 Å². The maximum absolute atomic E-state index is 12.1. The highest BCUT2D eigenvalue weighted by Gasteiger charge is 2.34. The molecule has 0 aliphatic carbocycles. The van der Waals surface area contributed by atoms with Crippen molar-refractivity contribution in [2.75, 3.05) is 26.4 Å². The smallest absolute Gasteiger partial charge is 0.308 e. The van der Waals surface area contributed by atoms with Gasteiger partial charge < -0.3 is 19.7 Å². The number of hydrogen-bond acceptors (Lipinski definition) is 6. The van der Waals surface area contributed by atoms with Crippen LogP contribution in [0.25, 0.3) is 0 Å². The van der Waals surface area contributed by atoms with Gasteiger partial charge in [0, 0.05) is 0 Å². The average Bonchev–Trinajstić information content (AvgIpc) is 2.55. The van der Waals surface area contributed by atoms with Crippen molar-refractivity contribution in [3.8, 4) is 0 Å². The van der Waals surface area contributed by atoms with Crippen molar-refractivity contribution in [3.05, 3.63) is 0 Å². The molecule has 0 aliphatic rings. The van der Waals surface area contributed by atoms with E-state index in [1.807, 2.05) is 6.92 Å². The van der Waals surface area contributed by atoms with Gasteiger partial charge >= 0.3 is 11.9 Å². The molecule has 2 N–H and O–H groups in total. The second-order valence-electron chi connectivity index (χ2n) is 6.43. The fourth-order valence-corrected chi connectivity index (χ4v) is 1.95. The third-order valence-electron chi connectivity index (χ3n) is 3.92. The molecule has 0 aromatic rings. The lowest BCUT2D eigenvalue weighted by molar-refractivity contribution is -0.163. The van der Waals surface area contributed by atoms with E-state index in [1.165, 1.54) is 0 Å². The van der Waals surface area contributed by atoms with Crippen LogP contribution in [-0.4, -0.2) is 48.6 Å². The summed E-state index contributed by atoms with van der Waals surface area (Å²) in [7, 11) is 0. The van der Waals surface area contributed by atoms with Crippen molar-refractivity contribution in [3.63, 3.8) is 0 Å². The van der Waals surface area contributed by atoms with Gasteiger partial charge in [0.2, 0.25) is 0 Å². The van der Waals surface area contributed by atoms with Crippen LogP contribution in [0.2, 0.25) is 0 Å². The van der Waals surface area contributed by atoms with Crippen LogP contribution in [0.3, 0.4) is 0 Å². The summed E-state index contributed by atoms with van der Waals surface area (Å²) >= 11 is 0. The molecular formula is C17H32O6. The van der Waals surface area contributed by atoms with Gasteiger partial charge in [0.25, 0.3) is 0 Å². The van der Waals surface area contributed by atoms with Gasteiger partial charge in [-0.3, -0.25) is 9.59 Å². The van der Waals surface area contributed by atoms with E-state index in [1.54, 1.807) is 13.8 Å². The summed E-state index contributed by atoms with van der Waals surface area (Å²) in [6.45, 7) is 6.15. The van der Waals surface area contributed by atoms with E-state index in [0.29, 0.717) is 6.42 Å². The minimum atomic E-state index is -1.16. The first-order chi connectivity index (χ1) is 10.9. The summed E-state index contributed by atoms with van der Waals surface area (Å²) in [6, 6.07) is 0. The molecule has 0 radical (unpaired) electrons. The van der Waals surface area contributed by atoms with Crippen molar-refractivity contribution in [2.45, 2.75) is 53.4 Å². The molecule has 6 heteroatoms. The molecule has 0 saturated heterocycles. The highest BCUT2D eigenvalue weighted by atomic mass is 16.6. The van der Waals surface area contributed by atoms with Gasteiger partial charge in [-0.2, -0.15) is 0 Å². The molecule has 0 spiro atoms. The van der Waals surface area contributed by atoms with E-state index in [-0.39, 0.29) is 31.0 Å². The number of unbranched alkanes of at least 4 members (excludes halogenated alkanes) is 1. The highest BCUT2D eigenvalue weighted by Crippen LogP contribution is 2.21. The van der Waals surface area contributed by atoms with Crippen LogP contribution >= 0.6 is 0 Å². The fraction of sp³-hybridized carbons (Fsp3) is 0.882. The Morgan fingerprint density at radius 3 is 1.91 bits per heavy atom. The Morgan fingerprint density at radius 1 is 1.00 bits per heavy atom. The lowest BCUT2D eigenvalue weighted by Gasteiger charge is -2.29. The zero-order chi connectivity index (χ0) is 17.9. The fourth-order valence-electron chi connectivity index (χ4n) is 1.95. The van der Waals surface area contributed by atoms with E-state index in [4.69, 9.17) is 9.47 Å². The van der Waals surface area contributed by atoms with Gasteiger partial charge in [-0.05, 0) is 12.8 Å². The standard InChI is InChI=1S/C17H32O6/c1-5-7-8-14(6-2)16(21)23-12-17(9-18,10-19)11-22-15(20)13(3)4/h13-14,18-19H,5-12H2,1-4H3. The molecule has 1 atom stereocenters. The van der Waals surface area contributed by atoms with Crippen LogP contribution in [0.15, 0.2) is 0 Å². The van der Waals surface area contributed by atoms with Crippen LogP contribution in [0.1, 0.15) is 53.4 Å². The Labute approximate surface area is 139 Å².